The number of fused-ring (bicyclic) bond motifs is 2. The van der Waals surface area contributed by atoms with Crippen LogP contribution in [0, 0.1) is 18.3 Å². The Morgan fingerprint density at radius 3 is 1.49 bits per heavy atom. The van der Waals surface area contributed by atoms with Crippen LogP contribution in [-0.4, -0.2) is 15.0 Å². The number of aryl methyl sites for hydroxylation is 1. The molecule has 0 bridgehead atoms. The minimum atomic E-state index is 0.623. The molecule has 0 unspecified atom stereocenters. The van der Waals surface area contributed by atoms with Gasteiger partial charge in [0, 0.05) is 16.7 Å². The quantitative estimate of drug-likeness (QED) is 0.184. The van der Waals surface area contributed by atoms with Gasteiger partial charge in [0.1, 0.15) is 0 Å². The van der Waals surface area contributed by atoms with E-state index in [9.17, 15) is 5.26 Å². The highest BCUT2D eigenvalue weighted by atomic mass is 15.0. The van der Waals surface area contributed by atoms with Gasteiger partial charge in [-0.05, 0) is 68.9 Å². The second kappa shape index (κ2) is 11.8. The smallest absolute Gasteiger partial charge is 0.164 e. The summed E-state index contributed by atoms with van der Waals surface area (Å²) in [6, 6.07) is 54.0. The van der Waals surface area contributed by atoms with E-state index < -0.39 is 0 Å². The maximum absolute atomic E-state index is 9.43. The zero-order valence-corrected chi connectivity index (χ0v) is 25.7. The van der Waals surface area contributed by atoms with Crippen molar-refractivity contribution < 1.29 is 0 Å². The average Bonchev–Trinajstić information content (AvgIpc) is 3.14. The molecule has 0 fully saturated rings. The van der Waals surface area contributed by atoms with E-state index in [0.717, 1.165) is 49.5 Å². The normalized spacial score (nSPS) is 11.1. The number of aromatic nitrogens is 3. The van der Waals surface area contributed by atoms with Crippen molar-refractivity contribution in [2.45, 2.75) is 6.92 Å². The minimum Gasteiger partial charge on any atom is -0.208 e. The van der Waals surface area contributed by atoms with Gasteiger partial charge in [0.2, 0.25) is 0 Å². The zero-order valence-electron chi connectivity index (χ0n) is 25.7. The maximum atomic E-state index is 9.43. The lowest BCUT2D eigenvalue weighted by Gasteiger charge is -2.18. The van der Waals surface area contributed by atoms with Crippen LogP contribution in [0.4, 0.5) is 0 Å². The number of rotatable bonds is 5. The lowest BCUT2D eigenvalue weighted by atomic mass is 9.85. The Bertz CT molecular complexity index is 2400. The molecule has 0 atom stereocenters. The molecule has 0 amide bonds. The Balaban J connectivity index is 1.36. The zero-order chi connectivity index (χ0) is 31.7. The van der Waals surface area contributed by atoms with Crippen molar-refractivity contribution in [1.29, 1.82) is 5.26 Å². The Labute approximate surface area is 273 Å². The molecule has 0 aliphatic rings. The molecule has 1 aromatic heterocycles. The molecule has 8 aromatic rings. The van der Waals surface area contributed by atoms with E-state index in [1.165, 1.54) is 16.5 Å². The van der Waals surface area contributed by atoms with Crippen LogP contribution in [0.15, 0.2) is 152 Å². The summed E-state index contributed by atoms with van der Waals surface area (Å²) in [7, 11) is 0. The van der Waals surface area contributed by atoms with Crippen molar-refractivity contribution in [3.8, 4) is 62.5 Å². The fourth-order valence-corrected chi connectivity index (χ4v) is 6.38. The van der Waals surface area contributed by atoms with Gasteiger partial charge in [-0.2, -0.15) is 5.26 Å². The Hall–Kier alpha value is -6.44. The average molecular weight is 601 g/mol. The minimum absolute atomic E-state index is 0.623. The topological polar surface area (TPSA) is 62.5 Å². The maximum Gasteiger partial charge on any atom is 0.164 e. The van der Waals surface area contributed by atoms with Gasteiger partial charge in [-0.15, -0.1) is 0 Å². The summed E-state index contributed by atoms with van der Waals surface area (Å²) < 4.78 is 0. The van der Waals surface area contributed by atoms with Gasteiger partial charge in [-0.1, -0.05) is 139 Å². The largest absolute Gasteiger partial charge is 0.208 e. The lowest BCUT2D eigenvalue weighted by molar-refractivity contribution is 1.07. The van der Waals surface area contributed by atoms with Crippen molar-refractivity contribution >= 4 is 21.5 Å². The molecular weight excluding hydrogens is 573 g/mol. The van der Waals surface area contributed by atoms with Crippen LogP contribution in [0.5, 0.6) is 0 Å². The van der Waals surface area contributed by atoms with Gasteiger partial charge in [0.05, 0.1) is 11.6 Å². The van der Waals surface area contributed by atoms with Crippen LogP contribution in [-0.2, 0) is 0 Å². The fraction of sp³-hybridized carbons (Fsp3) is 0.0233. The third-order valence-electron chi connectivity index (χ3n) is 8.59. The Kier molecular flexibility index (Phi) is 7.05. The van der Waals surface area contributed by atoms with Crippen molar-refractivity contribution in [3.63, 3.8) is 0 Å². The highest BCUT2D eigenvalue weighted by Crippen LogP contribution is 2.44. The van der Waals surface area contributed by atoms with E-state index in [2.05, 4.69) is 91.9 Å². The van der Waals surface area contributed by atoms with Gasteiger partial charge in [0.25, 0.3) is 0 Å². The predicted octanol–water partition coefficient (Wildman–Crippen LogP) is 10.7. The number of hydrogen-bond acceptors (Lipinski definition) is 4. The van der Waals surface area contributed by atoms with Crippen LogP contribution in [0.1, 0.15) is 11.1 Å². The van der Waals surface area contributed by atoms with E-state index in [1.54, 1.807) is 0 Å². The molecule has 1 heterocycles. The van der Waals surface area contributed by atoms with Crippen molar-refractivity contribution in [1.82, 2.24) is 15.0 Å². The predicted molar refractivity (Wildman–Crippen MR) is 191 cm³/mol. The summed E-state index contributed by atoms with van der Waals surface area (Å²) in [5.74, 6) is 1.90. The van der Waals surface area contributed by atoms with Crippen LogP contribution in [0.2, 0.25) is 0 Å². The van der Waals surface area contributed by atoms with Crippen LogP contribution in [0.25, 0.3) is 78.0 Å². The molecule has 4 heteroatoms. The van der Waals surface area contributed by atoms with Crippen molar-refractivity contribution in [3.05, 3.63) is 163 Å². The second-order valence-electron chi connectivity index (χ2n) is 11.7. The number of nitrogens with zero attached hydrogens (tertiary/aromatic N) is 4. The van der Waals surface area contributed by atoms with Crippen LogP contribution < -0.4 is 0 Å². The van der Waals surface area contributed by atoms with E-state index in [1.807, 2.05) is 72.8 Å². The summed E-state index contributed by atoms with van der Waals surface area (Å²) in [6.45, 7) is 2.13. The molecule has 0 saturated heterocycles. The van der Waals surface area contributed by atoms with Gasteiger partial charge in [0.15, 0.2) is 17.5 Å². The Morgan fingerprint density at radius 2 is 0.894 bits per heavy atom. The first-order valence-electron chi connectivity index (χ1n) is 15.6. The van der Waals surface area contributed by atoms with Gasteiger partial charge >= 0.3 is 0 Å². The van der Waals surface area contributed by atoms with Crippen molar-refractivity contribution in [2.24, 2.45) is 0 Å². The first-order chi connectivity index (χ1) is 23.2. The molecule has 0 radical (unpaired) electrons. The fourth-order valence-electron chi connectivity index (χ4n) is 6.38. The number of benzene rings is 7. The van der Waals surface area contributed by atoms with E-state index in [-0.39, 0.29) is 0 Å². The van der Waals surface area contributed by atoms with Gasteiger partial charge < -0.3 is 0 Å². The van der Waals surface area contributed by atoms with Crippen molar-refractivity contribution in [2.75, 3.05) is 0 Å². The number of nitriles is 1. The molecule has 47 heavy (non-hydrogen) atoms. The molecule has 0 N–H and O–H groups in total. The molecule has 4 nitrogen and oxygen atoms in total. The molecular formula is C43H28N4. The summed E-state index contributed by atoms with van der Waals surface area (Å²) in [5, 5.41) is 14.1. The molecule has 0 saturated carbocycles. The number of hydrogen-bond donors (Lipinski definition) is 0. The van der Waals surface area contributed by atoms with Crippen LogP contribution >= 0.6 is 0 Å². The standard InChI is InChI=1S/C43H28N4/c1-28-19-24-37-38(25-28)39(30-22-20-29(27-44)21-23-30)35-17-8-9-18-36(35)40(37)33-15-10-16-34(26-33)43-46-41(31-11-4-2-5-12-31)45-42(47-43)32-13-6-3-7-14-32/h2-26H,1H3. The van der Waals surface area contributed by atoms with Crippen LogP contribution in [0.3, 0.4) is 0 Å². The SMILES string of the molecule is Cc1ccc2c(-c3cccc(-c4nc(-c5ccccc5)nc(-c5ccccc5)n4)c3)c3ccccc3c(-c3ccc(C#N)cc3)c2c1. The third kappa shape index (κ3) is 5.20. The monoisotopic (exact) mass is 600 g/mol. The van der Waals surface area contributed by atoms with E-state index >= 15 is 0 Å². The van der Waals surface area contributed by atoms with Gasteiger partial charge in [-0.25, -0.2) is 15.0 Å². The first-order valence-corrected chi connectivity index (χ1v) is 15.6. The lowest BCUT2D eigenvalue weighted by Crippen LogP contribution is -2.00. The molecule has 0 aliphatic heterocycles. The highest BCUT2D eigenvalue weighted by Gasteiger charge is 2.18. The highest BCUT2D eigenvalue weighted by molar-refractivity contribution is 6.21. The first kappa shape index (κ1) is 28.1. The van der Waals surface area contributed by atoms with E-state index in [4.69, 9.17) is 15.0 Å². The molecule has 0 aliphatic carbocycles. The summed E-state index contributed by atoms with van der Waals surface area (Å²) >= 11 is 0. The summed E-state index contributed by atoms with van der Waals surface area (Å²) in [4.78, 5) is 14.9. The summed E-state index contributed by atoms with van der Waals surface area (Å²) in [6.07, 6.45) is 0. The van der Waals surface area contributed by atoms with E-state index in [0.29, 0.717) is 23.0 Å². The second-order valence-corrected chi connectivity index (χ2v) is 11.7. The Morgan fingerprint density at radius 1 is 0.404 bits per heavy atom. The molecule has 220 valence electrons. The summed E-state index contributed by atoms with van der Waals surface area (Å²) in [5.41, 5.74) is 9.14. The third-order valence-corrected chi connectivity index (χ3v) is 8.59. The molecule has 7 aromatic carbocycles. The molecule has 8 rings (SSSR count). The molecule has 0 spiro atoms. The van der Waals surface area contributed by atoms with Gasteiger partial charge in [-0.3, -0.25) is 0 Å².